The molecule has 0 saturated carbocycles. The molecule has 2 aromatic rings. The molecular formula is C17H19ClN2O4S. The van der Waals surface area contributed by atoms with Gasteiger partial charge in [0.1, 0.15) is 12.3 Å². The molecule has 0 unspecified atom stereocenters. The van der Waals surface area contributed by atoms with Gasteiger partial charge < -0.3 is 10.1 Å². The second kappa shape index (κ2) is 8.22. The maximum Gasteiger partial charge on any atom is 0.264 e. The topological polar surface area (TPSA) is 75.7 Å². The first-order chi connectivity index (χ1) is 11.9. The summed E-state index contributed by atoms with van der Waals surface area (Å²) in [6.45, 7) is 1.76. The van der Waals surface area contributed by atoms with E-state index in [1.807, 2.05) is 0 Å². The van der Waals surface area contributed by atoms with Crippen molar-refractivity contribution in [3.05, 3.63) is 53.6 Å². The number of amides is 1. The number of nitrogens with zero attached hydrogens (tertiary/aromatic N) is 1. The number of methoxy groups -OCH3 is 1. The molecule has 1 N–H and O–H groups in total. The maximum absolute atomic E-state index is 13.1. The van der Waals surface area contributed by atoms with Crippen LogP contribution in [0.4, 0.5) is 5.69 Å². The van der Waals surface area contributed by atoms with Gasteiger partial charge in [0, 0.05) is 11.6 Å². The Kier molecular flexibility index (Phi) is 6.27. The summed E-state index contributed by atoms with van der Waals surface area (Å²) in [4.78, 5) is 12.2. The van der Waals surface area contributed by atoms with Gasteiger partial charge in [-0.25, -0.2) is 8.42 Å². The monoisotopic (exact) mass is 382 g/mol. The van der Waals surface area contributed by atoms with Crippen molar-refractivity contribution in [3.8, 4) is 5.75 Å². The fraction of sp³-hybridized carbons (Fsp3) is 0.235. The molecule has 0 spiro atoms. The van der Waals surface area contributed by atoms with Crippen molar-refractivity contribution >= 4 is 33.2 Å². The van der Waals surface area contributed by atoms with Crippen LogP contribution in [-0.4, -0.2) is 34.5 Å². The molecule has 0 fully saturated rings. The van der Waals surface area contributed by atoms with Crippen LogP contribution < -0.4 is 14.4 Å². The molecule has 8 heteroatoms. The van der Waals surface area contributed by atoms with Gasteiger partial charge in [0.25, 0.3) is 10.0 Å². The van der Waals surface area contributed by atoms with Crippen LogP contribution in [0.2, 0.25) is 5.02 Å². The van der Waals surface area contributed by atoms with Crippen LogP contribution in [0.1, 0.15) is 6.92 Å². The van der Waals surface area contributed by atoms with E-state index in [0.717, 1.165) is 4.31 Å². The van der Waals surface area contributed by atoms with Crippen molar-refractivity contribution in [2.75, 3.05) is 24.5 Å². The van der Waals surface area contributed by atoms with E-state index in [1.54, 1.807) is 37.3 Å². The maximum atomic E-state index is 13.1. The summed E-state index contributed by atoms with van der Waals surface area (Å²) in [6, 6.07) is 12.5. The lowest BCUT2D eigenvalue weighted by Crippen LogP contribution is -2.41. The summed E-state index contributed by atoms with van der Waals surface area (Å²) < 4.78 is 32.5. The minimum Gasteiger partial charge on any atom is -0.495 e. The zero-order valence-electron chi connectivity index (χ0n) is 13.9. The van der Waals surface area contributed by atoms with Crippen LogP contribution in [0.3, 0.4) is 0 Å². The van der Waals surface area contributed by atoms with Crippen molar-refractivity contribution in [1.29, 1.82) is 0 Å². The first-order valence-corrected chi connectivity index (χ1v) is 9.40. The van der Waals surface area contributed by atoms with Crippen LogP contribution in [0.25, 0.3) is 0 Å². The van der Waals surface area contributed by atoms with E-state index in [4.69, 9.17) is 16.3 Å². The molecule has 0 aromatic heterocycles. The van der Waals surface area contributed by atoms with E-state index < -0.39 is 15.9 Å². The molecule has 0 aliphatic rings. The number of benzene rings is 2. The molecule has 0 radical (unpaired) electrons. The molecule has 1 amide bonds. The molecule has 2 aromatic carbocycles. The van der Waals surface area contributed by atoms with Gasteiger partial charge in [-0.3, -0.25) is 9.10 Å². The lowest BCUT2D eigenvalue weighted by Gasteiger charge is -2.25. The number of likely N-dealkylation sites (N-methyl/N-ethyl adjacent to an activating group) is 1. The van der Waals surface area contributed by atoms with E-state index in [0.29, 0.717) is 17.3 Å². The van der Waals surface area contributed by atoms with Gasteiger partial charge in [-0.2, -0.15) is 0 Å². The summed E-state index contributed by atoms with van der Waals surface area (Å²) in [7, 11) is -2.56. The summed E-state index contributed by atoms with van der Waals surface area (Å²) in [6.07, 6.45) is 0. The second-order valence-electron chi connectivity index (χ2n) is 5.09. The number of carbonyl (C=O) groups is 1. The fourth-order valence-electron chi connectivity index (χ4n) is 2.26. The van der Waals surface area contributed by atoms with E-state index in [-0.39, 0.29) is 17.1 Å². The fourth-order valence-corrected chi connectivity index (χ4v) is 3.87. The summed E-state index contributed by atoms with van der Waals surface area (Å²) in [5, 5.41) is 2.94. The van der Waals surface area contributed by atoms with Crippen LogP contribution in [0, 0.1) is 0 Å². The largest absolute Gasteiger partial charge is 0.495 e. The predicted molar refractivity (Wildman–Crippen MR) is 97.7 cm³/mol. The Morgan fingerprint density at radius 3 is 2.48 bits per heavy atom. The van der Waals surface area contributed by atoms with Crippen LogP contribution >= 0.6 is 11.6 Å². The highest BCUT2D eigenvalue weighted by Gasteiger charge is 2.29. The third kappa shape index (κ3) is 4.43. The average Bonchev–Trinajstić information content (AvgIpc) is 2.60. The molecule has 2 rings (SSSR count). The number of nitrogens with one attached hydrogen (secondary N) is 1. The zero-order chi connectivity index (χ0) is 18.4. The highest BCUT2D eigenvalue weighted by molar-refractivity contribution is 7.92. The van der Waals surface area contributed by atoms with Crippen LogP contribution in [-0.2, 0) is 14.8 Å². The van der Waals surface area contributed by atoms with E-state index >= 15 is 0 Å². The van der Waals surface area contributed by atoms with E-state index in [2.05, 4.69) is 5.32 Å². The Labute approximate surface area is 152 Å². The molecule has 25 heavy (non-hydrogen) atoms. The first kappa shape index (κ1) is 19.1. The number of rotatable bonds is 7. The summed E-state index contributed by atoms with van der Waals surface area (Å²) in [5.74, 6) is -0.128. The molecule has 0 aliphatic carbocycles. The molecule has 0 saturated heterocycles. The first-order valence-electron chi connectivity index (χ1n) is 7.58. The number of hydrogen-bond acceptors (Lipinski definition) is 4. The van der Waals surface area contributed by atoms with Crippen molar-refractivity contribution in [2.24, 2.45) is 0 Å². The van der Waals surface area contributed by atoms with E-state index in [9.17, 15) is 13.2 Å². The molecule has 6 nitrogen and oxygen atoms in total. The normalized spacial score (nSPS) is 11.0. The lowest BCUT2D eigenvalue weighted by molar-refractivity contribution is -0.119. The summed E-state index contributed by atoms with van der Waals surface area (Å²) >= 11 is 6.03. The number of hydrogen-bond donors (Lipinski definition) is 1. The third-order valence-corrected chi connectivity index (χ3v) is 5.41. The number of halogens is 1. The van der Waals surface area contributed by atoms with Gasteiger partial charge in [-0.05, 0) is 37.3 Å². The van der Waals surface area contributed by atoms with Gasteiger partial charge in [0.05, 0.1) is 17.7 Å². The van der Waals surface area contributed by atoms with Gasteiger partial charge in [-0.15, -0.1) is 0 Å². The third-order valence-electron chi connectivity index (χ3n) is 3.40. The van der Waals surface area contributed by atoms with Crippen LogP contribution in [0.15, 0.2) is 53.4 Å². The standard InChI is InChI=1S/C17H19ClN2O4S/c1-3-19-17(21)12-20(15-11-13(18)9-10-16(15)24-2)25(22,23)14-7-5-4-6-8-14/h4-11H,3,12H2,1-2H3,(H,19,21). The van der Waals surface area contributed by atoms with Gasteiger partial charge in [-0.1, -0.05) is 29.8 Å². The molecule has 0 atom stereocenters. The van der Waals surface area contributed by atoms with Gasteiger partial charge in [0.15, 0.2) is 0 Å². The Morgan fingerprint density at radius 2 is 1.88 bits per heavy atom. The molecular weight excluding hydrogens is 364 g/mol. The molecule has 0 heterocycles. The molecule has 134 valence electrons. The Bertz CT molecular complexity index is 841. The number of carbonyl (C=O) groups excluding carboxylic acids is 1. The number of anilines is 1. The minimum atomic E-state index is -3.98. The smallest absolute Gasteiger partial charge is 0.264 e. The zero-order valence-corrected chi connectivity index (χ0v) is 15.5. The Balaban J connectivity index is 2.58. The van der Waals surface area contributed by atoms with Crippen molar-refractivity contribution in [3.63, 3.8) is 0 Å². The average molecular weight is 383 g/mol. The summed E-state index contributed by atoms with van der Waals surface area (Å²) in [5.41, 5.74) is 0.199. The Hall–Kier alpha value is -2.25. The van der Waals surface area contributed by atoms with Crippen molar-refractivity contribution < 1.29 is 17.9 Å². The quantitative estimate of drug-likeness (QED) is 0.798. The van der Waals surface area contributed by atoms with Crippen molar-refractivity contribution in [2.45, 2.75) is 11.8 Å². The molecule has 0 bridgehead atoms. The second-order valence-corrected chi connectivity index (χ2v) is 7.39. The van der Waals surface area contributed by atoms with E-state index in [1.165, 1.54) is 25.3 Å². The molecule has 0 aliphatic heterocycles. The van der Waals surface area contributed by atoms with Gasteiger partial charge in [0.2, 0.25) is 5.91 Å². The minimum absolute atomic E-state index is 0.0707. The highest BCUT2D eigenvalue weighted by atomic mass is 35.5. The van der Waals surface area contributed by atoms with Crippen molar-refractivity contribution in [1.82, 2.24) is 5.32 Å². The predicted octanol–water partition coefficient (Wildman–Crippen LogP) is 2.68. The van der Waals surface area contributed by atoms with Crippen LogP contribution in [0.5, 0.6) is 5.75 Å². The Morgan fingerprint density at radius 1 is 1.20 bits per heavy atom. The SMILES string of the molecule is CCNC(=O)CN(c1cc(Cl)ccc1OC)S(=O)(=O)c1ccccc1. The highest BCUT2D eigenvalue weighted by Crippen LogP contribution is 2.34. The lowest BCUT2D eigenvalue weighted by atomic mass is 10.3. The number of sulfonamides is 1. The van der Waals surface area contributed by atoms with Gasteiger partial charge >= 0.3 is 0 Å². The number of ether oxygens (including phenoxy) is 1.